The molecule has 8 nitrogen and oxygen atoms in total. The van der Waals surface area contributed by atoms with Crippen molar-refractivity contribution in [3.8, 4) is 0 Å². The highest BCUT2D eigenvalue weighted by atomic mass is 32.2. The minimum absolute atomic E-state index is 0.000952. The highest BCUT2D eigenvalue weighted by molar-refractivity contribution is 8.00. The van der Waals surface area contributed by atoms with E-state index < -0.39 is 10.0 Å². The van der Waals surface area contributed by atoms with E-state index in [1.165, 1.54) is 33.3 Å². The Kier molecular flexibility index (Phi) is 7.53. The first-order chi connectivity index (χ1) is 15.5. The number of hydrogen-bond acceptors (Lipinski definition) is 9. The fourth-order valence-corrected chi connectivity index (χ4v) is 6.24. The van der Waals surface area contributed by atoms with E-state index in [4.69, 9.17) is 4.74 Å². The monoisotopic (exact) mass is 490 g/mol. The molecule has 2 heterocycles. The van der Waals surface area contributed by atoms with Gasteiger partial charge in [0.05, 0.1) is 24.7 Å². The molecule has 1 aromatic heterocycles. The van der Waals surface area contributed by atoms with Gasteiger partial charge in [-0.2, -0.15) is 4.31 Å². The Balaban J connectivity index is 1.34. The van der Waals surface area contributed by atoms with Crippen molar-refractivity contribution in [3.63, 3.8) is 0 Å². The highest BCUT2D eigenvalue weighted by Gasteiger charge is 2.26. The lowest BCUT2D eigenvalue weighted by molar-refractivity contribution is 0.0730. The van der Waals surface area contributed by atoms with E-state index in [-0.39, 0.29) is 17.2 Å². The number of anilines is 1. The van der Waals surface area contributed by atoms with Crippen LogP contribution in [0, 0.1) is 0 Å². The third-order valence-corrected chi connectivity index (χ3v) is 8.76. The number of carbonyl (C=O) groups is 1. The summed E-state index contributed by atoms with van der Waals surface area (Å²) in [6.45, 7) is 1.36. The van der Waals surface area contributed by atoms with E-state index in [1.54, 1.807) is 23.9 Å². The van der Waals surface area contributed by atoms with Crippen LogP contribution in [-0.4, -0.2) is 61.6 Å². The Labute approximate surface area is 195 Å². The van der Waals surface area contributed by atoms with Crippen LogP contribution in [0.1, 0.15) is 15.9 Å². The van der Waals surface area contributed by atoms with E-state index in [0.717, 1.165) is 10.1 Å². The smallest absolute Gasteiger partial charge is 0.243 e. The summed E-state index contributed by atoms with van der Waals surface area (Å²) in [7, 11) is -3.65. The van der Waals surface area contributed by atoms with E-state index >= 15 is 0 Å². The number of rotatable bonds is 9. The van der Waals surface area contributed by atoms with Crippen LogP contribution in [0.5, 0.6) is 0 Å². The van der Waals surface area contributed by atoms with Gasteiger partial charge in [0.2, 0.25) is 15.2 Å². The molecular weight excluding hydrogens is 468 g/mol. The molecule has 0 unspecified atom stereocenters. The van der Waals surface area contributed by atoms with Crippen molar-refractivity contribution in [1.82, 2.24) is 14.5 Å². The summed E-state index contributed by atoms with van der Waals surface area (Å²) in [5.74, 6) is 0.566. The molecule has 0 aliphatic carbocycles. The number of nitrogens with one attached hydrogen (secondary N) is 1. The van der Waals surface area contributed by atoms with Gasteiger partial charge in [-0.3, -0.25) is 4.79 Å². The molecule has 168 valence electrons. The molecule has 0 radical (unpaired) electrons. The minimum atomic E-state index is -3.65. The number of sulfonamides is 1. The molecule has 4 rings (SSSR count). The standard InChI is InChI=1S/C21H22N4O4S3/c26-19(14-22-20-23-24-21(31-20)30-15-16-5-2-1-3-6-16)17-7-4-8-18(13-17)32(27,28)25-9-11-29-12-10-25/h1-8,13H,9-12,14-15H2,(H,22,23). The zero-order chi connectivity index (χ0) is 22.4. The van der Waals surface area contributed by atoms with E-state index in [2.05, 4.69) is 27.6 Å². The molecule has 2 aromatic carbocycles. The molecule has 11 heteroatoms. The Bertz CT molecular complexity index is 1160. The first-order valence-electron chi connectivity index (χ1n) is 9.97. The second-order valence-corrected chi connectivity index (χ2v) is 11.1. The van der Waals surface area contributed by atoms with Gasteiger partial charge in [0, 0.05) is 24.4 Å². The number of hydrogen-bond donors (Lipinski definition) is 1. The molecule has 1 N–H and O–H groups in total. The van der Waals surface area contributed by atoms with Crippen molar-refractivity contribution in [2.75, 3.05) is 38.2 Å². The third-order valence-electron chi connectivity index (χ3n) is 4.78. The minimum Gasteiger partial charge on any atom is -0.379 e. The van der Waals surface area contributed by atoms with Crippen LogP contribution in [0.25, 0.3) is 0 Å². The van der Waals surface area contributed by atoms with Crippen molar-refractivity contribution >= 4 is 44.0 Å². The lowest BCUT2D eigenvalue weighted by Gasteiger charge is -2.26. The van der Waals surface area contributed by atoms with Gasteiger partial charge in [0.25, 0.3) is 0 Å². The van der Waals surface area contributed by atoms with Gasteiger partial charge in [-0.15, -0.1) is 10.2 Å². The first-order valence-corrected chi connectivity index (χ1v) is 13.2. The van der Waals surface area contributed by atoms with Gasteiger partial charge in [-0.25, -0.2) is 8.42 Å². The molecule has 1 aliphatic heterocycles. The number of ketones is 1. The normalized spacial score (nSPS) is 14.9. The van der Waals surface area contributed by atoms with Crippen molar-refractivity contribution in [1.29, 1.82) is 0 Å². The van der Waals surface area contributed by atoms with Gasteiger partial charge in [-0.05, 0) is 17.7 Å². The number of aromatic nitrogens is 2. The molecule has 1 fully saturated rings. The first kappa shape index (κ1) is 22.9. The summed E-state index contributed by atoms with van der Waals surface area (Å²) in [5, 5.41) is 11.8. The average Bonchev–Trinajstić information content (AvgIpc) is 3.30. The summed E-state index contributed by atoms with van der Waals surface area (Å²) in [5.41, 5.74) is 1.53. The van der Waals surface area contributed by atoms with Crippen molar-refractivity contribution < 1.29 is 17.9 Å². The summed E-state index contributed by atoms with van der Waals surface area (Å²) in [4.78, 5) is 12.8. The predicted octanol–water partition coefficient (Wildman–Crippen LogP) is 3.15. The number of ether oxygens (including phenoxy) is 1. The molecule has 1 saturated heterocycles. The van der Waals surface area contributed by atoms with Gasteiger partial charge < -0.3 is 10.1 Å². The van der Waals surface area contributed by atoms with E-state index in [9.17, 15) is 13.2 Å². The SMILES string of the molecule is O=C(CNc1nnc(SCc2ccccc2)s1)c1cccc(S(=O)(=O)N2CCOCC2)c1. The van der Waals surface area contributed by atoms with Crippen LogP contribution in [0.2, 0.25) is 0 Å². The van der Waals surface area contributed by atoms with Gasteiger partial charge in [0.15, 0.2) is 10.1 Å². The second kappa shape index (κ2) is 10.5. The lowest BCUT2D eigenvalue weighted by Crippen LogP contribution is -2.40. The Hall–Kier alpha value is -2.31. The number of benzene rings is 2. The number of nitrogens with zero attached hydrogens (tertiary/aromatic N) is 3. The summed E-state index contributed by atoms with van der Waals surface area (Å²) < 4.78 is 33.1. The molecule has 3 aromatic rings. The second-order valence-electron chi connectivity index (χ2n) is 6.97. The predicted molar refractivity (Wildman–Crippen MR) is 125 cm³/mol. The van der Waals surface area contributed by atoms with Crippen LogP contribution in [-0.2, 0) is 20.5 Å². The summed E-state index contributed by atoms with van der Waals surface area (Å²) in [6, 6.07) is 16.2. The fourth-order valence-electron chi connectivity index (χ4n) is 3.08. The Morgan fingerprint density at radius 3 is 2.66 bits per heavy atom. The lowest BCUT2D eigenvalue weighted by atomic mass is 10.1. The highest BCUT2D eigenvalue weighted by Crippen LogP contribution is 2.28. The summed E-state index contributed by atoms with van der Waals surface area (Å²) >= 11 is 2.96. The maximum absolute atomic E-state index is 12.8. The maximum atomic E-state index is 12.8. The van der Waals surface area contributed by atoms with E-state index in [0.29, 0.717) is 37.0 Å². The van der Waals surface area contributed by atoms with Gasteiger partial charge in [-0.1, -0.05) is 65.6 Å². The van der Waals surface area contributed by atoms with Crippen LogP contribution in [0.4, 0.5) is 5.13 Å². The fraction of sp³-hybridized carbons (Fsp3) is 0.286. The number of carbonyl (C=O) groups excluding carboxylic acids is 1. The van der Waals surface area contributed by atoms with Crippen LogP contribution >= 0.6 is 23.1 Å². The maximum Gasteiger partial charge on any atom is 0.243 e. The Morgan fingerprint density at radius 2 is 1.88 bits per heavy atom. The van der Waals surface area contributed by atoms with Crippen molar-refractivity contribution in [3.05, 3.63) is 65.7 Å². The molecule has 1 aliphatic rings. The van der Waals surface area contributed by atoms with Crippen molar-refractivity contribution in [2.45, 2.75) is 15.0 Å². The molecule has 0 spiro atoms. The van der Waals surface area contributed by atoms with Crippen molar-refractivity contribution in [2.24, 2.45) is 0 Å². The number of morpholine rings is 1. The summed E-state index contributed by atoms with van der Waals surface area (Å²) in [6.07, 6.45) is 0. The molecule has 32 heavy (non-hydrogen) atoms. The van der Waals surface area contributed by atoms with Gasteiger partial charge in [0.1, 0.15) is 0 Å². The largest absolute Gasteiger partial charge is 0.379 e. The average molecular weight is 491 g/mol. The molecule has 0 bridgehead atoms. The topological polar surface area (TPSA) is 101 Å². The van der Waals surface area contributed by atoms with Crippen LogP contribution < -0.4 is 5.32 Å². The zero-order valence-corrected chi connectivity index (χ0v) is 19.6. The Morgan fingerprint density at radius 1 is 1.09 bits per heavy atom. The van der Waals surface area contributed by atoms with Crippen LogP contribution in [0.3, 0.4) is 0 Å². The molecule has 0 saturated carbocycles. The molecule has 0 atom stereocenters. The van der Waals surface area contributed by atoms with Crippen LogP contribution in [0.15, 0.2) is 63.8 Å². The van der Waals surface area contributed by atoms with E-state index in [1.807, 2.05) is 18.2 Å². The molecular formula is C21H22N4O4S3. The van der Waals surface area contributed by atoms with Gasteiger partial charge >= 0.3 is 0 Å². The third kappa shape index (κ3) is 5.73. The number of thioether (sulfide) groups is 1. The molecule has 0 amide bonds. The zero-order valence-electron chi connectivity index (χ0n) is 17.1. The quantitative estimate of drug-likeness (QED) is 0.361. The number of Topliss-reactive ketones (excluding diaryl/α,β-unsaturated/α-hetero) is 1.